The van der Waals surface area contributed by atoms with E-state index in [1.54, 1.807) is 6.07 Å². The number of pyridine rings is 1. The highest BCUT2D eigenvalue weighted by molar-refractivity contribution is 6.38. The topological polar surface area (TPSA) is 96.6 Å². The van der Waals surface area contributed by atoms with Crippen molar-refractivity contribution in [2.24, 2.45) is 0 Å². The maximum Gasteiger partial charge on any atom is 0.376 e. The van der Waals surface area contributed by atoms with Crippen molar-refractivity contribution in [1.82, 2.24) is 4.57 Å². The Morgan fingerprint density at radius 2 is 1.72 bits per heavy atom. The number of halogens is 3. The number of carbonyl (C=O) groups is 2. The van der Waals surface area contributed by atoms with E-state index in [0.29, 0.717) is 17.2 Å². The third-order valence-electron chi connectivity index (χ3n) is 4.59. The van der Waals surface area contributed by atoms with Crippen molar-refractivity contribution in [1.29, 1.82) is 0 Å². The first-order chi connectivity index (χ1) is 15.2. The average molecular weight is 460 g/mol. The SMILES string of the molecule is O=C(O)C(=O)C=C(O)c1cc(Cc2ccc(F)c(Cl)c2)cn(Cc2ccccc2F)c1=O. The fourth-order valence-corrected chi connectivity index (χ4v) is 3.26. The van der Waals surface area contributed by atoms with Gasteiger partial charge in [0.15, 0.2) is 0 Å². The minimum Gasteiger partial charge on any atom is -0.507 e. The van der Waals surface area contributed by atoms with Crippen LogP contribution in [0.1, 0.15) is 22.3 Å². The Hall–Kier alpha value is -3.78. The van der Waals surface area contributed by atoms with Crippen LogP contribution in [0.4, 0.5) is 8.78 Å². The first-order valence-electron chi connectivity index (χ1n) is 9.24. The molecule has 6 nitrogen and oxygen atoms in total. The second kappa shape index (κ2) is 9.57. The average Bonchev–Trinajstić information content (AvgIpc) is 2.74. The third-order valence-corrected chi connectivity index (χ3v) is 4.88. The van der Waals surface area contributed by atoms with Crippen LogP contribution in [-0.2, 0) is 22.6 Å². The first kappa shape index (κ1) is 22.9. The lowest BCUT2D eigenvalue weighted by Crippen LogP contribution is -2.25. The molecule has 2 aromatic carbocycles. The minimum absolute atomic E-state index is 0.0998. The van der Waals surface area contributed by atoms with Crippen LogP contribution in [0.3, 0.4) is 0 Å². The molecule has 0 aliphatic rings. The maximum atomic E-state index is 14.1. The van der Waals surface area contributed by atoms with Gasteiger partial charge in [-0.15, -0.1) is 0 Å². The van der Waals surface area contributed by atoms with Crippen molar-refractivity contribution in [2.75, 3.05) is 0 Å². The molecule has 9 heteroatoms. The molecule has 0 spiro atoms. The van der Waals surface area contributed by atoms with Gasteiger partial charge >= 0.3 is 5.97 Å². The number of aliphatic hydroxyl groups is 1. The summed E-state index contributed by atoms with van der Waals surface area (Å²) in [4.78, 5) is 35.1. The molecule has 164 valence electrons. The molecule has 2 N–H and O–H groups in total. The third kappa shape index (κ3) is 5.28. The Labute approximate surface area is 185 Å². The maximum absolute atomic E-state index is 14.1. The molecule has 1 aromatic heterocycles. The first-order valence-corrected chi connectivity index (χ1v) is 9.62. The summed E-state index contributed by atoms with van der Waals surface area (Å²) in [6.45, 7) is -0.184. The Morgan fingerprint density at radius 1 is 1.00 bits per heavy atom. The van der Waals surface area contributed by atoms with Gasteiger partial charge in [0.1, 0.15) is 17.4 Å². The highest BCUT2D eigenvalue weighted by atomic mass is 35.5. The predicted molar refractivity (Wildman–Crippen MR) is 114 cm³/mol. The number of carboxylic acid groups (broad SMARTS) is 1. The quantitative estimate of drug-likeness (QED) is 0.316. The van der Waals surface area contributed by atoms with Crippen molar-refractivity contribution in [3.05, 3.63) is 110 Å². The van der Waals surface area contributed by atoms with Crippen LogP contribution < -0.4 is 5.56 Å². The fourth-order valence-electron chi connectivity index (χ4n) is 3.05. The van der Waals surface area contributed by atoms with Gasteiger partial charge in [-0.25, -0.2) is 13.6 Å². The van der Waals surface area contributed by atoms with Crippen LogP contribution in [0.15, 0.2) is 65.6 Å². The number of nitrogens with zero attached hydrogens (tertiary/aromatic N) is 1. The Morgan fingerprint density at radius 3 is 2.38 bits per heavy atom. The summed E-state index contributed by atoms with van der Waals surface area (Å²) in [5.41, 5.74) is 0.125. The predicted octanol–water partition coefficient (Wildman–Crippen LogP) is 3.97. The van der Waals surface area contributed by atoms with E-state index in [0.717, 1.165) is 4.57 Å². The van der Waals surface area contributed by atoms with E-state index in [1.807, 2.05) is 0 Å². The van der Waals surface area contributed by atoms with Gasteiger partial charge in [0.2, 0.25) is 0 Å². The van der Waals surface area contributed by atoms with Crippen molar-refractivity contribution in [3.63, 3.8) is 0 Å². The van der Waals surface area contributed by atoms with E-state index in [2.05, 4.69) is 0 Å². The lowest BCUT2D eigenvalue weighted by molar-refractivity contribution is -0.146. The number of aliphatic hydroxyl groups excluding tert-OH is 1. The molecule has 0 radical (unpaired) electrons. The molecule has 32 heavy (non-hydrogen) atoms. The Balaban J connectivity index is 2.10. The molecule has 0 aliphatic carbocycles. The summed E-state index contributed by atoms with van der Waals surface area (Å²) < 4.78 is 28.7. The molecule has 0 saturated heterocycles. The lowest BCUT2D eigenvalue weighted by atomic mass is 10.0. The smallest absolute Gasteiger partial charge is 0.376 e. The normalized spacial score (nSPS) is 11.4. The Bertz CT molecular complexity index is 1300. The molecule has 0 unspecified atom stereocenters. The summed E-state index contributed by atoms with van der Waals surface area (Å²) >= 11 is 5.82. The number of benzene rings is 2. The molecule has 0 bridgehead atoms. The molecule has 0 saturated carbocycles. The van der Waals surface area contributed by atoms with Gasteiger partial charge in [-0.1, -0.05) is 35.9 Å². The van der Waals surface area contributed by atoms with Gasteiger partial charge in [0.25, 0.3) is 11.3 Å². The van der Waals surface area contributed by atoms with Crippen molar-refractivity contribution < 1.29 is 28.6 Å². The molecule has 3 rings (SSSR count). The zero-order valence-electron chi connectivity index (χ0n) is 16.4. The second-order valence-electron chi connectivity index (χ2n) is 6.91. The summed E-state index contributed by atoms with van der Waals surface area (Å²) in [6.07, 6.45) is 2.01. The number of carboxylic acids is 1. The van der Waals surface area contributed by atoms with E-state index in [1.165, 1.54) is 48.7 Å². The fraction of sp³-hybridized carbons (Fsp3) is 0.0870. The standard InChI is InChI=1S/C23H16ClF2NO5/c24-17-9-13(5-6-19(17)26)7-14-8-16(20(28)10-21(29)23(31)32)22(30)27(11-14)12-15-3-1-2-4-18(15)25/h1-6,8-11,28H,7,12H2,(H,31,32). The Kier molecular flexibility index (Phi) is 6.85. The number of rotatable bonds is 7. The highest BCUT2D eigenvalue weighted by Gasteiger charge is 2.16. The van der Waals surface area contributed by atoms with Gasteiger partial charge < -0.3 is 14.8 Å². The van der Waals surface area contributed by atoms with Crippen LogP contribution in [-0.4, -0.2) is 26.5 Å². The number of carbonyl (C=O) groups excluding carboxylic acids is 1. The minimum atomic E-state index is -1.81. The van der Waals surface area contributed by atoms with Gasteiger partial charge in [0, 0.05) is 17.8 Å². The van der Waals surface area contributed by atoms with Gasteiger partial charge in [0.05, 0.1) is 17.1 Å². The highest BCUT2D eigenvalue weighted by Crippen LogP contribution is 2.20. The van der Waals surface area contributed by atoms with Crippen molar-refractivity contribution >= 4 is 29.1 Å². The van der Waals surface area contributed by atoms with E-state index in [4.69, 9.17) is 16.7 Å². The van der Waals surface area contributed by atoms with Crippen LogP contribution in [0.5, 0.6) is 0 Å². The van der Waals surface area contributed by atoms with Crippen LogP contribution in [0.2, 0.25) is 5.02 Å². The second-order valence-corrected chi connectivity index (χ2v) is 7.32. The van der Waals surface area contributed by atoms with Crippen LogP contribution in [0.25, 0.3) is 5.76 Å². The summed E-state index contributed by atoms with van der Waals surface area (Å²) in [5, 5.41) is 18.9. The number of ketones is 1. The van der Waals surface area contributed by atoms with Crippen LogP contribution in [0, 0.1) is 11.6 Å². The largest absolute Gasteiger partial charge is 0.507 e. The van der Waals surface area contributed by atoms with Crippen LogP contribution >= 0.6 is 11.6 Å². The monoisotopic (exact) mass is 459 g/mol. The van der Waals surface area contributed by atoms with Gasteiger partial charge in [-0.2, -0.15) is 0 Å². The van der Waals surface area contributed by atoms with E-state index in [-0.39, 0.29) is 29.1 Å². The molecule has 0 fully saturated rings. The van der Waals surface area contributed by atoms with Crippen molar-refractivity contribution in [2.45, 2.75) is 13.0 Å². The molecule has 0 aliphatic heterocycles. The lowest BCUT2D eigenvalue weighted by Gasteiger charge is -2.13. The van der Waals surface area contributed by atoms with E-state index < -0.39 is 34.7 Å². The summed E-state index contributed by atoms with van der Waals surface area (Å²) in [6, 6.07) is 11.1. The summed E-state index contributed by atoms with van der Waals surface area (Å²) in [7, 11) is 0. The zero-order chi connectivity index (χ0) is 23.4. The van der Waals surface area contributed by atoms with Gasteiger partial charge in [-0.05, 0) is 41.8 Å². The number of hydrogen-bond donors (Lipinski definition) is 2. The molecular weight excluding hydrogens is 444 g/mol. The summed E-state index contributed by atoms with van der Waals surface area (Å²) in [5.74, 6) is -5.21. The van der Waals surface area contributed by atoms with Gasteiger partial charge in [-0.3, -0.25) is 9.59 Å². The molecular formula is C23H16ClF2NO5. The number of aliphatic carboxylic acids is 1. The molecule has 1 heterocycles. The zero-order valence-corrected chi connectivity index (χ0v) is 17.1. The number of hydrogen-bond acceptors (Lipinski definition) is 4. The van der Waals surface area contributed by atoms with E-state index in [9.17, 15) is 28.3 Å². The number of aromatic nitrogens is 1. The van der Waals surface area contributed by atoms with Crippen molar-refractivity contribution in [3.8, 4) is 0 Å². The molecule has 3 aromatic rings. The van der Waals surface area contributed by atoms with E-state index >= 15 is 0 Å². The molecule has 0 atom stereocenters. The molecule has 0 amide bonds.